The average Bonchev–Trinajstić information content (AvgIpc) is 2.98. The van der Waals surface area contributed by atoms with E-state index in [4.69, 9.17) is 5.11 Å². The van der Waals surface area contributed by atoms with Gasteiger partial charge in [-0.25, -0.2) is 27.2 Å². The Labute approximate surface area is 248 Å². The van der Waals surface area contributed by atoms with E-state index in [0.29, 0.717) is 6.92 Å². The molecule has 3 aromatic carbocycles. The van der Waals surface area contributed by atoms with Crippen LogP contribution in [0.2, 0.25) is 0 Å². The lowest BCUT2D eigenvalue weighted by Gasteiger charge is -2.17. The van der Waals surface area contributed by atoms with E-state index in [1.807, 2.05) is 0 Å². The highest BCUT2D eigenvalue weighted by atomic mass is 19.2. The van der Waals surface area contributed by atoms with Gasteiger partial charge in [0, 0.05) is 6.67 Å². The third-order valence-corrected chi connectivity index (χ3v) is 5.80. The molecule has 0 aliphatic heterocycles. The third-order valence-electron chi connectivity index (χ3n) is 5.80. The molecule has 4 N–H and O–H groups in total. The van der Waals surface area contributed by atoms with E-state index >= 15 is 4.39 Å². The number of carboxylic acids is 2. The lowest BCUT2D eigenvalue weighted by Crippen LogP contribution is -2.32. The minimum Gasteiger partial charge on any atom is -0.478 e. The minimum absolute atomic E-state index is 0.160. The molecule has 0 saturated heterocycles. The topological polar surface area (TPSA) is 151 Å². The number of halogens is 10. The van der Waals surface area contributed by atoms with Gasteiger partial charge in [-0.2, -0.15) is 26.3 Å². The molecule has 10 nitrogen and oxygen atoms in total. The molecule has 0 bridgehead atoms. The zero-order valence-electron chi connectivity index (χ0n) is 22.5. The highest BCUT2D eigenvalue weighted by Crippen LogP contribution is 2.43. The fourth-order valence-corrected chi connectivity index (χ4v) is 3.82. The van der Waals surface area contributed by atoms with Gasteiger partial charge in [-0.05, 0) is 14.0 Å². The van der Waals surface area contributed by atoms with Crippen molar-refractivity contribution >= 4 is 23.5 Å². The number of aromatic carboxylic acids is 2. The summed E-state index contributed by atoms with van der Waals surface area (Å²) in [5.74, 6) is -43.7. The number of benzene rings is 3. The van der Waals surface area contributed by atoms with Crippen molar-refractivity contribution in [3.8, 4) is 23.0 Å². The van der Waals surface area contributed by atoms with Gasteiger partial charge in [-0.15, -0.1) is 0 Å². The Morgan fingerprint density at radius 2 is 0.870 bits per heavy atom. The Morgan fingerprint density at radius 1 is 0.543 bits per heavy atom. The van der Waals surface area contributed by atoms with Gasteiger partial charge < -0.3 is 25.0 Å². The van der Waals surface area contributed by atoms with Crippen LogP contribution in [0.25, 0.3) is 0 Å². The highest BCUT2D eigenvalue weighted by molar-refractivity contribution is 6.07. The van der Waals surface area contributed by atoms with E-state index in [0.717, 1.165) is 0 Å². The number of ketones is 2. The Kier molecular flexibility index (Phi) is 10.3. The first-order valence-electron chi connectivity index (χ1n) is 11.9. The summed E-state index contributed by atoms with van der Waals surface area (Å²) in [7, 11) is 1.37. The van der Waals surface area contributed by atoms with Crippen molar-refractivity contribution in [3.05, 3.63) is 80.4 Å². The summed E-state index contributed by atoms with van der Waals surface area (Å²) in [4.78, 5) is 46.8. The zero-order valence-corrected chi connectivity index (χ0v) is 22.5. The summed E-state index contributed by atoms with van der Waals surface area (Å²) >= 11 is 0. The van der Waals surface area contributed by atoms with Crippen molar-refractivity contribution in [2.75, 3.05) is 20.3 Å². The van der Waals surface area contributed by atoms with E-state index in [-0.39, 0.29) is 6.67 Å². The maximum Gasteiger partial charge on any atom is 0.339 e. The number of Topliss-reactive ketones (excluding diaryl/α,β-unsaturated/α-hetero) is 2. The smallest absolute Gasteiger partial charge is 0.339 e. The molecule has 0 aromatic heterocycles. The Bertz CT molecular complexity index is 1800. The van der Waals surface area contributed by atoms with Crippen molar-refractivity contribution in [1.29, 1.82) is 0 Å². The molecule has 0 radical (unpaired) electrons. The number of rotatable bonds is 12. The predicted molar refractivity (Wildman–Crippen MR) is 129 cm³/mol. The monoisotopic (exact) mass is 672 g/mol. The molecule has 0 aliphatic carbocycles. The Hall–Kier alpha value is -5.24. The maximum absolute atomic E-state index is 15.2. The molecule has 0 heterocycles. The molecule has 20 heteroatoms. The van der Waals surface area contributed by atoms with Crippen LogP contribution in [-0.4, -0.2) is 54.0 Å². The number of carbonyl (C=O) groups is 4. The van der Waals surface area contributed by atoms with E-state index in [9.17, 15) is 63.8 Å². The largest absolute Gasteiger partial charge is 0.478 e. The van der Waals surface area contributed by atoms with Crippen molar-refractivity contribution < 1.29 is 82.8 Å². The summed E-state index contributed by atoms with van der Waals surface area (Å²) in [5.41, 5.74) is -7.22. The van der Waals surface area contributed by atoms with Gasteiger partial charge in [0.15, 0.2) is 34.8 Å². The van der Waals surface area contributed by atoms with Crippen LogP contribution in [0.5, 0.6) is 23.0 Å². The molecule has 0 aliphatic rings. The Morgan fingerprint density at radius 3 is 1.22 bits per heavy atom. The molecule has 46 heavy (non-hydrogen) atoms. The van der Waals surface area contributed by atoms with Crippen LogP contribution in [-0.2, 0) is 0 Å². The second-order valence-corrected chi connectivity index (χ2v) is 8.71. The van der Waals surface area contributed by atoms with Crippen LogP contribution in [0, 0.1) is 58.2 Å². The van der Waals surface area contributed by atoms with Crippen LogP contribution < -0.4 is 20.1 Å². The second-order valence-electron chi connectivity index (χ2n) is 8.71. The molecule has 0 fully saturated rings. The van der Waals surface area contributed by atoms with Gasteiger partial charge in [0.1, 0.15) is 11.1 Å². The van der Waals surface area contributed by atoms with Crippen LogP contribution >= 0.6 is 0 Å². The summed E-state index contributed by atoms with van der Waals surface area (Å²) in [6, 6.07) is 0. The SMILES string of the molecule is CNCNCC(=O)c1c(F)c(Oc2c(F)c(F)c(Oc3c(F)c(F)c(C(=O)O)c(C(C)=O)c3F)c(F)c2F)c(F)c(F)c1C(=O)O. The van der Waals surface area contributed by atoms with E-state index in [1.54, 1.807) is 0 Å². The third kappa shape index (κ3) is 6.03. The van der Waals surface area contributed by atoms with Crippen LogP contribution in [0.3, 0.4) is 0 Å². The van der Waals surface area contributed by atoms with E-state index in [2.05, 4.69) is 20.1 Å². The van der Waals surface area contributed by atoms with Crippen LogP contribution in [0.1, 0.15) is 48.4 Å². The summed E-state index contributed by atoms with van der Waals surface area (Å²) in [6.07, 6.45) is 0. The molecule has 0 saturated carbocycles. The van der Waals surface area contributed by atoms with Crippen molar-refractivity contribution in [2.45, 2.75) is 6.92 Å². The van der Waals surface area contributed by atoms with E-state index in [1.165, 1.54) is 7.05 Å². The van der Waals surface area contributed by atoms with Gasteiger partial charge in [0.05, 0.1) is 17.7 Å². The average molecular weight is 672 g/mol. The van der Waals surface area contributed by atoms with Crippen molar-refractivity contribution in [3.63, 3.8) is 0 Å². The molecular formula is C26H14F10N2O8. The van der Waals surface area contributed by atoms with Crippen LogP contribution in [0.15, 0.2) is 0 Å². The lowest BCUT2D eigenvalue weighted by molar-refractivity contribution is 0.0675. The quantitative estimate of drug-likeness (QED) is 0.0664. The number of hydrogen-bond donors (Lipinski definition) is 4. The van der Waals surface area contributed by atoms with Gasteiger partial charge >= 0.3 is 11.9 Å². The van der Waals surface area contributed by atoms with Gasteiger partial charge in [0.2, 0.25) is 57.9 Å². The normalized spacial score (nSPS) is 11.0. The van der Waals surface area contributed by atoms with Crippen molar-refractivity contribution in [1.82, 2.24) is 10.6 Å². The maximum atomic E-state index is 15.2. The molecule has 3 aromatic rings. The van der Waals surface area contributed by atoms with Gasteiger partial charge in [0.25, 0.3) is 0 Å². The molecule has 0 amide bonds. The fourth-order valence-electron chi connectivity index (χ4n) is 3.82. The highest BCUT2D eigenvalue weighted by Gasteiger charge is 2.38. The van der Waals surface area contributed by atoms with Crippen LogP contribution in [0.4, 0.5) is 43.9 Å². The van der Waals surface area contributed by atoms with E-state index < -0.39 is 133 Å². The predicted octanol–water partition coefficient (Wildman–Crippen LogP) is 5.21. The molecule has 246 valence electrons. The summed E-state index contributed by atoms with van der Waals surface area (Å²) in [6.45, 7) is -0.639. The first kappa shape index (κ1) is 35.2. The molecule has 0 atom stereocenters. The lowest BCUT2D eigenvalue weighted by atomic mass is 10.0. The molecule has 3 rings (SSSR count). The molecule has 0 unspecified atom stereocenters. The number of carboxylic acid groups (broad SMARTS) is 2. The minimum atomic E-state index is -2.81. The summed E-state index contributed by atoms with van der Waals surface area (Å²) < 4.78 is 156. The summed E-state index contributed by atoms with van der Waals surface area (Å²) in [5, 5.41) is 22.9. The number of carbonyl (C=O) groups excluding carboxylic acids is 2. The molecule has 0 spiro atoms. The second kappa shape index (κ2) is 13.4. The number of ether oxygens (including phenoxy) is 2. The molecular weight excluding hydrogens is 658 g/mol. The first-order valence-corrected chi connectivity index (χ1v) is 11.9. The van der Waals surface area contributed by atoms with Gasteiger partial charge in [-0.1, -0.05) is 0 Å². The Balaban J connectivity index is 2.23. The first-order chi connectivity index (χ1) is 21.4. The zero-order chi connectivity index (χ0) is 34.9. The van der Waals surface area contributed by atoms with Crippen molar-refractivity contribution in [2.24, 2.45) is 0 Å². The standard InChI is InChI=1S/C26H14F10N2O8/c1-5(39)7-9(25(41)42)11(27)15(31)21(13(7)29)45-23-17(33)19(35)24(20(36)18(23)34)46-22-14(30)8(6(40)3-38-4-37-2)10(26(43)44)12(28)16(22)32/h37-38H,3-4H2,1-2H3,(H,41,42)(H,43,44). The van der Waals surface area contributed by atoms with Gasteiger partial charge in [-0.3, -0.25) is 14.9 Å². The number of nitrogens with one attached hydrogen (secondary N) is 2. The fraction of sp³-hybridized carbons (Fsp3) is 0.154. The number of hydrogen-bond acceptors (Lipinski definition) is 8.